The molecule has 0 spiro atoms. The normalized spacial score (nSPS) is 12.6. The summed E-state index contributed by atoms with van der Waals surface area (Å²) in [5.74, 6) is -0.279. The van der Waals surface area contributed by atoms with E-state index in [-0.39, 0.29) is 12.2 Å². The molecule has 0 aromatic rings. The fourth-order valence-electron chi connectivity index (χ4n) is 1.28. The molecular formula is C12H26O5Si. The molecule has 0 unspecified atom stereocenters. The fraction of sp³-hybridized carbons (Fsp3) is 0.917. The molecule has 0 fully saturated rings. The zero-order valence-electron chi connectivity index (χ0n) is 12.4. The van der Waals surface area contributed by atoms with Gasteiger partial charge in [0.2, 0.25) is 0 Å². The van der Waals surface area contributed by atoms with Crippen LogP contribution in [0.3, 0.4) is 0 Å². The average Bonchev–Trinajstić information content (AvgIpc) is 2.25. The van der Waals surface area contributed by atoms with E-state index in [1.807, 2.05) is 20.8 Å². The van der Waals surface area contributed by atoms with Crippen molar-refractivity contribution in [2.24, 2.45) is 5.41 Å². The standard InChI is InChI=1S/C12H26O5Si/c1-7-15-18(16-8-2,17-9-3)10-14-11(13)12(4,5)6/h7-10H2,1-6H3. The van der Waals surface area contributed by atoms with Crippen LogP contribution in [-0.4, -0.2) is 40.8 Å². The molecule has 6 heteroatoms. The number of carbonyl (C=O) groups is 1. The molecule has 0 bridgehead atoms. The first-order valence-corrected chi connectivity index (χ1v) is 8.33. The lowest BCUT2D eigenvalue weighted by Gasteiger charge is -2.28. The summed E-state index contributed by atoms with van der Waals surface area (Å²) < 4.78 is 22.0. The predicted octanol–water partition coefficient (Wildman–Crippen LogP) is 2.16. The Kier molecular flexibility index (Phi) is 7.69. The third-order valence-electron chi connectivity index (χ3n) is 2.09. The summed E-state index contributed by atoms with van der Waals surface area (Å²) in [6.07, 6.45) is 0.0681. The van der Waals surface area contributed by atoms with Crippen molar-refractivity contribution in [3.05, 3.63) is 0 Å². The third-order valence-corrected chi connectivity index (χ3v) is 4.77. The van der Waals surface area contributed by atoms with Gasteiger partial charge >= 0.3 is 14.8 Å². The van der Waals surface area contributed by atoms with E-state index in [4.69, 9.17) is 18.0 Å². The summed E-state index contributed by atoms with van der Waals surface area (Å²) in [4.78, 5) is 11.8. The SMILES string of the molecule is CCO[Si](COC(=O)C(C)(C)C)(OCC)OCC. The highest BCUT2D eigenvalue weighted by Gasteiger charge is 2.43. The maximum atomic E-state index is 11.8. The molecule has 0 aromatic carbocycles. The minimum Gasteiger partial charge on any atom is -0.461 e. The van der Waals surface area contributed by atoms with E-state index in [1.165, 1.54) is 0 Å². The maximum absolute atomic E-state index is 11.8. The quantitative estimate of drug-likeness (QED) is 0.503. The molecule has 0 saturated heterocycles. The highest BCUT2D eigenvalue weighted by atomic mass is 28.4. The van der Waals surface area contributed by atoms with Gasteiger partial charge in [-0.1, -0.05) is 0 Å². The van der Waals surface area contributed by atoms with Crippen LogP contribution in [0.4, 0.5) is 0 Å². The van der Waals surface area contributed by atoms with Gasteiger partial charge in [0.1, 0.15) is 0 Å². The number of carbonyl (C=O) groups excluding carboxylic acids is 1. The fourth-order valence-corrected chi connectivity index (χ4v) is 3.41. The molecule has 0 radical (unpaired) electrons. The summed E-state index contributed by atoms with van der Waals surface area (Å²) in [6.45, 7) is 12.4. The minimum absolute atomic E-state index is 0.0681. The van der Waals surface area contributed by atoms with Gasteiger partial charge in [0.15, 0.2) is 6.23 Å². The molecule has 0 aliphatic heterocycles. The summed E-state index contributed by atoms with van der Waals surface area (Å²) in [5, 5.41) is 0. The largest absolute Gasteiger partial charge is 0.540 e. The van der Waals surface area contributed by atoms with Crippen LogP contribution in [0.15, 0.2) is 0 Å². The molecule has 0 saturated carbocycles. The Morgan fingerprint density at radius 1 is 0.944 bits per heavy atom. The first-order chi connectivity index (χ1) is 8.31. The van der Waals surface area contributed by atoms with E-state index < -0.39 is 14.2 Å². The lowest BCUT2D eigenvalue weighted by atomic mass is 9.98. The number of ether oxygens (including phenoxy) is 1. The van der Waals surface area contributed by atoms with Crippen molar-refractivity contribution in [1.29, 1.82) is 0 Å². The summed E-state index contributed by atoms with van der Waals surface area (Å²) in [6, 6.07) is 0. The zero-order chi connectivity index (χ0) is 14.2. The third kappa shape index (κ3) is 5.95. The smallest absolute Gasteiger partial charge is 0.461 e. The van der Waals surface area contributed by atoms with Gasteiger partial charge in [-0.3, -0.25) is 4.79 Å². The first kappa shape index (κ1) is 17.6. The number of hydrogen-bond acceptors (Lipinski definition) is 5. The van der Waals surface area contributed by atoms with Crippen LogP contribution in [0.1, 0.15) is 41.5 Å². The van der Waals surface area contributed by atoms with Crippen molar-refractivity contribution in [2.75, 3.05) is 26.1 Å². The maximum Gasteiger partial charge on any atom is 0.540 e. The highest BCUT2D eigenvalue weighted by Crippen LogP contribution is 2.18. The molecular weight excluding hydrogens is 252 g/mol. The molecule has 0 amide bonds. The van der Waals surface area contributed by atoms with Crippen LogP contribution in [0.5, 0.6) is 0 Å². The van der Waals surface area contributed by atoms with E-state index in [0.29, 0.717) is 19.8 Å². The van der Waals surface area contributed by atoms with Crippen molar-refractivity contribution in [2.45, 2.75) is 41.5 Å². The second-order valence-corrected chi connectivity index (χ2v) is 7.33. The van der Waals surface area contributed by atoms with Gasteiger partial charge in [-0.25, -0.2) is 0 Å². The van der Waals surface area contributed by atoms with E-state index in [0.717, 1.165) is 0 Å². The van der Waals surface area contributed by atoms with Crippen LogP contribution in [0, 0.1) is 5.41 Å². The summed E-state index contributed by atoms with van der Waals surface area (Å²) in [5.41, 5.74) is -0.537. The van der Waals surface area contributed by atoms with Gasteiger partial charge in [-0.2, -0.15) is 0 Å². The highest BCUT2D eigenvalue weighted by molar-refractivity contribution is 6.60. The van der Waals surface area contributed by atoms with Crippen LogP contribution >= 0.6 is 0 Å². The lowest BCUT2D eigenvalue weighted by Crippen LogP contribution is -2.51. The Balaban J connectivity index is 4.61. The Hall–Kier alpha value is -0.433. The Morgan fingerprint density at radius 2 is 1.33 bits per heavy atom. The molecule has 108 valence electrons. The second kappa shape index (κ2) is 7.88. The summed E-state index contributed by atoms with van der Waals surface area (Å²) in [7, 11) is -2.88. The average molecular weight is 278 g/mol. The van der Waals surface area contributed by atoms with Crippen LogP contribution in [-0.2, 0) is 22.8 Å². The molecule has 0 N–H and O–H groups in total. The molecule has 5 nitrogen and oxygen atoms in total. The molecule has 0 aromatic heterocycles. The van der Waals surface area contributed by atoms with E-state index in [1.54, 1.807) is 20.8 Å². The van der Waals surface area contributed by atoms with Crippen molar-refractivity contribution >= 4 is 14.8 Å². The molecule has 0 aliphatic carbocycles. The molecule has 0 aliphatic rings. The van der Waals surface area contributed by atoms with Gasteiger partial charge in [0.25, 0.3) is 0 Å². The van der Waals surface area contributed by atoms with Gasteiger partial charge in [-0.05, 0) is 41.5 Å². The lowest BCUT2D eigenvalue weighted by molar-refractivity contribution is -0.152. The van der Waals surface area contributed by atoms with Gasteiger partial charge in [0, 0.05) is 19.8 Å². The monoisotopic (exact) mass is 278 g/mol. The number of hydrogen-bond donors (Lipinski definition) is 0. The minimum atomic E-state index is -2.88. The van der Waals surface area contributed by atoms with Crippen molar-refractivity contribution in [3.63, 3.8) is 0 Å². The summed E-state index contributed by atoms with van der Waals surface area (Å²) >= 11 is 0. The van der Waals surface area contributed by atoms with Crippen LogP contribution in [0.2, 0.25) is 0 Å². The van der Waals surface area contributed by atoms with Crippen LogP contribution < -0.4 is 0 Å². The Morgan fingerprint density at radius 3 is 1.61 bits per heavy atom. The number of esters is 1. The van der Waals surface area contributed by atoms with E-state index in [9.17, 15) is 4.79 Å². The first-order valence-electron chi connectivity index (χ1n) is 6.40. The topological polar surface area (TPSA) is 54.0 Å². The van der Waals surface area contributed by atoms with Gasteiger partial charge in [0.05, 0.1) is 5.41 Å². The Bertz CT molecular complexity index is 232. The zero-order valence-corrected chi connectivity index (χ0v) is 13.4. The van der Waals surface area contributed by atoms with Gasteiger partial charge < -0.3 is 18.0 Å². The molecule has 18 heavy (non-hydrogen) atoms. The second-order valence-electron chi connectivity index (χ2n) is 4.81. The molecule has 0 rings (SSSR count). The van der Waals surface area contributed by atoms with Gasteiger partial charge in [-0.15, -0.1) is 0 Å². The van der Waals surface area contributed by atoms with Crippen molar-refractivity contribution in [3.8, 4) is 0 Å². The molecule has 0 atom stereocenters. The van der Waals surface area contributed by atoms with E-state index in [2.05, 4.69) is 0 Å². The van der Waals surface area contributed by atoms with Crippen molar-refractivity contribution < 1.29 is 22.8 Å². The Labute approximate surface area is 111 Å². The van der Waals surface area contributed by atoms with E-state index >= 15 is 0 Å². The molecule has 0 heterocycles. The number of rotatable bonds is 8. The van der Waals surface area contributed by atoms with Crippen molar-refractivity contribution in [1.82, 2.24) is 0 Å². The van der Waals surface area contributed by atoms with Crippen LogP contribution in [0.25, 0.3) is 0 Å². The predicted molar refractivity (Wildman–Crippen MR) is 71.0 cm³/mol.